The summed E-state index contributed by atoms with van der Waals surface area (Å²) in [5, 5.41) is 0. The van der Waals surface area contributed by atoms with Crippen molar-refractivity contribution in [1.82, 2.24) is 9.21 Å². The lowest BCUT2D eigenvalue weighted by Crippen LogP contribution is -2.50. The molecule has 0 N–H and O–H groups in total. The van der Waals surface area contributed by atoms with Crippen molar-refractivity contribution in [3.8, 4) is 5.75 Å². The third-order valence-corrected chi connectivity index (χ3v) is 5.97. The zero-order valence-electron chi connectivity index (χ0n) is 14.3. The maximum Gasteiger partial charge on any atom is 0.306 e. The number of rotatable bonds is 6. The van der Waals surface area contributed by atoms with Crippen LogP contribution in [0.4, 0.5) is 0 Å². The zero-order chi connectivity index (χ0) is 18.4. The summed E-state index contributed by atoms with van der Waals surface area (Å²) < 4.78 is 36.2. The van der Waals surface area contributed by atoms with E-state index in [-0.39, 0.29) is 36.7 Å². The van der Waals surface area contributed by atoms with E-state index in [9.17, 15) is 18.0 Å². The number of ether oxygens (including phenoxy) is 2. The molecule has 1 aliphatic rings. The Morgan fingerprint density at radius 1 is 1.00 bits per heavy atom. The summed E-state index contributed by atoms with van der Waals surface area (Å²) in [6, 6.07) is 6.20. The maximum absolute atomic E-state index is 12.6. The molecule has 1 heterocycles. The van der Waals surface area contributed by atoms with E-state index < -0.39 is 16.0 Å². The van der Waals surface area contributed by atoms with E-state index >= 15 is 0 Å². The molecule has 1 aliphatic heterocycles. The van der Waals surface area contributed by atoms with Crippen molar-refractivity contribution in [2.24, 2.45) is 0 Å². The molecule has 0 saturated carbocycles. The summed E-state index contributed by atoms with van der Waals surface area (Å²) in [4.78, 5) is 24.9. The molecule has 0 radical (unpaired) electrons. The molecule has 1 aromatic rings. The van der Waals surface area contributed by atoms with Gasteiger partial charge < -0.3 is 14.4 Å². The first-order valence-corrected chi connectivity index (χ1v) is 9.31. The summed E-state index contributed by atoms with van der Waals surface area (Å²) in [7, 11) is -0.813. The van der Waals surface area contributed by atoms with Gasteiger partial charge in [-0.25, -0.2) is 8.42 Å². The fourth-order valence-corrected chi connectivity index (χ4v) is 3.97. The molecular formula is C16H22N2O6S. The fourth-order valence-electron chi connectivity index (χ4n) is 2.54. The summed E-state index contributed by atoms with van der Waals surface area (Å²) >= 11 is 0. The molecule has 0 atom stereocenters. The molecule has 1 aromatic carbocycles. The van der Waals surface area contributed by atoms with Crippen molar-refractivity contribution in [3.05, 3.63) is 24.3 Å². The van der Waals surface area contributed by atoms with Crippen LogP contribution in [-0.2, 0) is 24.3 Å². The van der Waals surface area contributed by atoms with E-state index in [2.05, 4.69) is 4.74 Å². The average molecular weight is 370 g/mol. The van der Waals surface area contributed by atoms with Gasteiger partial charge in [-0.05, 0) is 24.3 Å². The van der Waals surface area contributed by atoms with Gasteiger partial charge in [0.1, 0.15) is 5.75 Å². The molecule has 0 bridgehead atoms. The number of nitrogens with zero attached hydrogens (tertiary/aromatic N) is 2. The van der Waals surface area contributed by atoms with Crippen LogP contribution >= 0.6 is 0 Å². The highest BCUT2D eigenvalue weighted by molar-refractivity contribution is 7.89. The standard InChI is InChI=1S/C16H22N2O6S/c1-23-13-3-5-14(6-4-13)25(21,22)18-11-9-17(10-12-18)15(19)7-8-16(20)24-2/h3-6H,7-12H2,1-2H3. The number of sulfonamides is 1. The second-order valence-electron chi connectivity index (χ2n) is 5.54. The average Bonchev–Trinajstić information content (AvgIpc) is 2.65. The number of methoxy groups -OCH3 is 2. The molecule has 0 unspecified atom stereocenters. The number of hydrogen-bond donors (Lipinski definition) is 0. The lowest BCUT2D eigenvalue weighted by Gasteiger charge is -2.34. The summed E-state index contributed by atoms with van der Waals surface area (Å²) in [6.07, 6.45) is 0.0948. The highest BCUT2D eigenvalue weighted by atomic mass is 32.2. The van der Waals surface area contributed by atoms with Gasteiger partial charge in [-0.2, -0.15) is 4.31 Å². The normalized spacial score (nSPS) is 15.7. The van der Waals surface area contributed by atoms with Crippen LogP contribution < -0.4 is 4.74 Å². The second-order valence-corrected chi connectivity index (χ2v) is 7.47. The van der Waals surface area contributed by atoms with Gasteiger partial charge in [-0.15, -0.1) is 0 Å². The number of carbonyl (C=O) groups is 2. The van der Waals surface area contributed by atoms with Crippen LogP contribution in [0.2, 0.25) is 0 Å². The Hall–Kier alpha value is -2.13. The minimum Gasteiger partial charge on any atom is -0.497 e. The Bertz CT molecular complexity index is 709. The van der Waals surface area contributed by atoms with Crippen molar-refractivity contribution in [3.63, 3.8) is 0 Å². The van der Waals surface area contributed by atoms with E-state index in [0.29, 0.717) is 18.8 Å². The molecule has 0 aromatic heterocycles. The molecule has 8 nitrogen and oxygen atoms in total. The number of esters is 1. The van der Waals surface area contributed by atoms with Crippen LogP contribution in [0.1, 0.15) is 12.8 Å². The number of amides is 1. The first kappa shape index (κ1) is 19.2. The molecule has 25 heavy (non-hydrogen) atoms. The summed E-state index contributed by atoms with van der Waals surface area (Å²) in [6.45, 7) is 1.04. The van der Waals surface area contributed by atoms with E-state index in [1.165, 1.54) is 30.7 Å². The third kappa shape index (κ3) is 4.70. The first-order valence-electron chi connectivity index (χ1n) is 7.87. The topological polar surface area (TPSA) is 93.2 Å². The number of hydrogen-bond acceptors (Lipinski definition) is 6. The molecule has 1 saturated heterocycles. The van der Waals surface area contributed by atoms with E-state index in [0.717, 1.165) is 0 Å². The minimum absolute atomic E-state index is 0.0275. The molecule has 1 amide bonds. The Balaban J connectivity index is 1.94. The van der Waals surface area contributed by atoms with Crippen LogP contribution in [0.15, 0.2) is 29.2 Å². The number of benzene rings is 1. The third-order valence-electron chi connectivity index (χ3n) is 4.06. The van der Waals surface area contributed by atoms with Crippen molar-refractivity contribution in [2.75, 3.05) is 40.4 Å². The largest absolute Gasteiger partial charge is 0.497 e. The predicted octanol–water partition coefficient (Wildman–Crippen LogP) is 0.481. The summed E-state index contributed by atoms with van der Waals surface area (Å²) in [5.74, 6) is -0.0269. The van der Waals surface area contributed by atoms with E-state index in [1.807, 2.05) is 0 Å². The minimum atomic E-state index is -3.60. The van der Waals surface area contributed by atoms with Crippen molar-refractivity contribution >= 4 is 21.9 Å². The second kappa shape index (κ2) is 8.30. The Morgan fingerprint density at radius 3 is 2.12 bits per heavy atom. The quantitative estimate of drug-likeness (QED) is 0.676. The van der Waals surface area contributed by atoms with Crippen LogP contribution in [0.25, 0.3) is 0 Å². The van der Waals surface area contributed by atoms with E-state index in [1.54, 1.807) is 17.0 Å². The molecule has 0 aliphatic carbocycles. The van der Waals surface area contributed by atoms with Crippen LogP contribution in [0.5, 0.6) is 5.75 Å². The van der Waals surface area contributed by atoms with Gasteiger partial charge in [-0.3, -0.25) is 9.59 Å². The van der Waals surface area contributed by atoms with Crippen LogP contribution in [0.3, 0.4) is 0 Å². The van der Waals surface area contributed by atoms with Gasteiger partial charge in [0.15, 0.2) is 0 Å². The molecular weight excluding hydrogens is 348 g/mol. The molecule has 138 valence electrons. The molecule has 2 rings (SSSR count). The van der Waals surface area contributed by atoms with Crippen molar-refractivity contribution in [1.29, 1.82) is 0 Å². The zero-order valence-corrected chi connectivity index (χ0v) is 15.1. The first-order chi connectivity index (χ1) is 11.9. The van der Waals surface area contributed by atoms with Crippen molar-refractivity contribution < 1.29 is 27.5 Å². The van der Waals surface area contributed by atoms with Gasteiger partial charge in [-0.1, -0.05) is 0 Å². The lowest BCUT2D eigenvalue weighted by atomic mass is 10.2. The fraction of sp³-hybridized carbons (Fsp3) is 0.500. The lowest BCUT2D eigenvalue weighted by molar-refractivity contribution is -0.143. The number of piperazine rings is 1. The Morgan fingerprint density at radius 2 is 1.60 bits per heavy atom. The van der Waals surface area contributed by atoms with Gasteiger partial charge >= 0.3 is 5.97 Å². The molecule has 1 fully saturated rings. The highest BCUT2D eigenvalue weighted by Crippen LogP contribution is 2.20. The van der Waals surface area contributed by atoms with Gasteiger partial charge in [0, 0.05) is 32.6 Å². The van der Waals surface area contributed by atoms with Crippen LogP contribution in [0, 0.1) is 0 Å². The monoisotopic (exact) mass is 370 g/mol. The van der Waals surface area contributed by atoms with Gasteiger partial charge in [0.05, 0.1) is 25.5 Å². The molecule has 0 spiro atoms. The van der Waals surface area contributed by atoms with Gasteiger partial charge in [0.2, 0.25) is 15.9 Å². The maximum atomic E-state index is 12.6. The summed E-state index contributed by atoms with van der Waals surface area (Å²) in [5.41, 5.74) is 0. The highest BCUT2D eigenvalue weighted by Gasteiger charge is 2.30. The van der Waals surface area contributed by atoms with Gasteiger partial charge in [0.25, 0.3) is 0 Å². The smallest absolute Gasteiger partial charge is 0.306 e. The van der Waals surface area contributed by atoms with Crippen molar-refractivity contribution in [2.45, 2.75) is 17.7 Å². The van der Waals surface area contributed by atoms with E-state index in [4.69, 9.17) is 4.74 Å². The SMILES string of the molecule is COC(=O)CCC(=O)N1CCN(S(=O)(=O)c2ccc(OC)cc2)CC1. The Labute approximate surface area is 147 Å². The predicted molar refractivity (Wildman–Crippen MR) is 89.6 cm³/mol. The Kier molecular flexibility index (Phi) is 6.38. The number of carbonyl (C=O) groups excluding carboxylic acids is 2. The molecule has 9 heteroatoms. The van der Waals surface area contributed by atoms with Crippen LogP contribution in [-0.4, -0.2) is 69.9 Å².